The molecule has 51 heavy (non-hydrogen) atoms. The number of aryl methyl sites for hydroxylation is 1. The summed E-state index contributed by atoms with van der Waals surface area (Å²) in [7, 11) is 1.59. The first-order chi connectivity index (χ1) is 24.9. The van der Waals surface area contributed by atoms with Crippen LogP contribution in [0, 0.1) is 6.92 Å². The molecule has 4 heterocycles. The summed E-state index contributed by atoms with van der Waals surface area (Å²) in [6.07, 6.45) is 5.59. The summed E-state index contributed by atoms with van der Waals surface area (Å²) in [5.41, 5.74) is 3.29. The van der Waals surface area contributed by atoms with Gasteiger partial charge >= 0.3 is 0 Å². The van der Waals surface area contributed by atoms with Crippen LogP contribution in [0.15, 0.2) is 51.7 Å². The monoisotopic (exact) mass is 735 g/mol. The number of methoxy groups -OCH3 is 1. The normalized spacial score (nSPS) is 17.9. The van der Waals surface area contributed by atoms with E-state index in [4.69, 9.17) is 9.47 Å². The summed E-state index contributed by atoms with van der Waals surface area (Å²) >= 11 is 2.94. The number of rotatable bonds is 14. The molecule has 2 amide bonds. The third kappa shape index (κ3) is 10.2. The number of aromatic nitrogens is 1. The molecular formula is C38H53N7O4S2. The topological polar surface area (TPSA) is 93.7 Å². The van der Waals surface area contributed by atoms with Crippen LogP contribution < -0.4 is 15.0 Å². The molecule has 11 nitrogen and oxygen atoms in total. The van der Waals surface area contributed by atoms with Crippen molar-refractivity contribution in [3.8, 4) is 5.75 Å². The number of unbranched alkanes of at least 4 members (excludes halogenated alkanes) is 1. The van der Waals surface area contributed by atoms with E-state index in [1.165, 1.54) is 81.6 Å². The van der Waals surface area contributed by atoms with Crippen molar-refractivity contribution < 1.29 is 19.1 Å². The number of piperazine rings is 2. The van der Waals surface area contributed by atoms with E-state index in [-0.39, 0.29) is 11.8 Å². The number of thiazole rings is 1. The van der Waals surface area contributed by atoms with E-state index in [0.29, 0.717) is 48.3 Å². The summed E-state index contributed by atoms with van der Waals surface area (Å²) in [5, 5.41) is 3.50. The van der Waals surface area contributed by atoms with Gasteiger partial charge in [-0.05, 0) is 81.4 Å². The largest absolute Gasteiger partial charge is 0.496 e. The van der Waals surface area contributed by atoms with Crippen LogP contribution in [0.4, 0.5) is 10.8 Å². The number of hydrogen-bond acceptors (Lipinski definition) is 11. The van der Waals surface area contributed by atoms with Crippen LogP contribution in [0.1, 0.15) is 52.5 Å². The Morgan fingerprint density at radius 3 is 2.14 bits per heavy atom. The number of benzene rings is 2. The zero-order chi connectivity index (χ0) is 35.6. The van der Waals surface area contributed by atoms with Crippen LogP contribution >= 0.6 is 23.1 Å². The van der Waals surface area contributed by atoms with E-state index in [2.05, 4.69) is 49.0 Å². The summed E-state index contributed by atoms with van der Waals surface area (Å²) < 4.78 is 11.9. The smallest absolute Gasteiger partial charge is 0.257 e. The SMILES string of the molecule is CCCCN1CCN(CCCN2CCN(c3ccc(C(=O)Nc4ncc(Sc5cc(C(=O)N6CCOCC6)c(OC)cc5C)s4)cc3)CC2)CC1. The Labute approximate surface area is 311 Å². The molecule has 0 radical (unpaired) electrons. The van der Waals surface area contributed by atoms with Gasteiger partial charge < -0.3 is 29.1 Å². The highest BCUT2D eigenvalue weighted by Crippen LogP contribution is 2.38. The average Bonchev–Trinajstić information content (AvgIpc) is 3.61. The van der Waals surface area contributed by atoms with Gasteiger partial charge in [0.2, 0.25) is 0 Å². The number of morpholine rings is 1. The summed E-state index contributed by atoms with van der Waals surface area (Å²) in [4.78, 5) is 43.9. The van der Waals surface area contributed by atoms with Gasteiger partial charge in [0.05, 0.1) is 36.3 Å². The second kappa shape index (κ2) is 18.5. The van der Waals surface area contributed by atoms with Gasteiger partial charge in [0.15, 0.2) is 5.13 Å². The van der Waals surface area contributed by atoms with Gasteiger partial charge in [0.1, 0.15) is 5.75 Å². The second-order valence-electron chi connectivity index (χ2n) is 13.5. The van der Waals surface area contributed by atoms with E-state index >= 15 is 0 Å². The summed E-state index contributed by atoms with van der Waals surface area (Å²) in [6.45, 7) is 19.1. The molecule has 3 fully saturated rings. The first-order valence-corrected chi connectivity index (χ1v) is 20.1. The number of carbonyl (C=O) groups is 2. The van der Waals surface area contributed by atoms with Gasteiger partial charge in [-0.15, -0.1) is 0 Å². The van der Waals surface area contributed by atoms with E-state index in [0.717, 1.165) is 53.1 Å². The second-order valence-corrected chi connectivity index (χ2v) is 15.9. The number of carbonyl (C=O) groups excluding carboxylic acids is 2. The maximum absolute atomic E-state index is 13.3. The van der Waals surface area contributed by atoms with Crippen molar-refractivity contribution in [1.82, 2.24) is 24.6 Å². The van der Waals surface area contributed by atoms with Crippen molar-refractivity contribution in [2.75, 3.05) is 116 Å². The molecule has 0 saturated carbocycles. The van der Waals surface area contributed by atoms with Crippen LogP contribution in [-0.2, 0) is 4.74 Å². The first kappa shape index (κ1) is 37.6. The van der Waals surface area contributed by atoms with Gasteiger partial charge in [-0.25, -0.2) is 4.98 Å². The van der Waals surface area contributed by atoms with Gasteiger partial charge in [0.25, 0.3) is 11.8 Å². The molecular weight excluding hydrogens is 683 g/mol. The minimum absolute atomic E-state index is 0.0597. The molecule has 1 N–H and O–H groups in total. The van der Waals surface area contributed by atoms with Crippen molar-refractivity contribution in [3.63, 3.8) is 0 Å². The Bertz CT molecular complexity index is 1580. The Morgan fingerprint density at radius 2 is 1.51 bits per heavy atom. The lowest BCUT2D eigenvalue weighted by Crippen LogP contribution is -2.48. The fourth-order valence-electron chi connectivity index (χ4n) is 6.88. The number of amides is 2. The number of nitrogens with zero attached hydrogens (tertiary/aromatic N) is 6. The number of ether oxygens (including phenoxy) is 2. The molecule has 13 heteroatoms. The standard InChI is InChI=1S/C38H53N7O4S2/c1-4-5-11-41-14-16-42(17-15-41)12-6-13-43-18-20-44(21-19-43)31-9-7-30(8-10-31)36(46)40-38-39-28-35(51-38)50-34-27-32(33(48-3)26-29(34)2)37(47)45-22-24-49-25-23-45/h7-10,26-28H,4-6,11-25H2,1-3H3,(H,39,40,46). The molecule has 3 aliphatic heterocycles. The Hall–Kier alpha value is -3.20. The molecule has 0 aliphatic carbocycles. The van der Waals surface area contributed by atoms with E-state index < -0.39 is 0 Å². The summed E-state index contributed by atoms with van der Waals surface area (Å²) in [5.74, 6) is 0.320. The average molecular weight is 736 g/mol. The van der Waals surface area contributed by atoms with Crippen molar-refractivity contribution in [2.45, 2.75) is 42.2 Å². The molecule has 0 bridgehead atoms. The maximum Gasteiger partial charge on any atom is 0.257 e. The van der Waals surface area contributed by atoms with Crippen molar-refractivity contribution in [3.05, 3.63) is 59.3 Å². The zero-order valence-electron chi connectivity index (χ0n) is 30.4. The molecule has 6 rings (SSSR count). The third-order valence-electron chi connectivity index (χ3n) is 10.0. The number of anilines is 2. The van der Waals surface area contributed by atoms with Crippen molar-refractivity contribution >= 4 is 45.7 Å². The maximum atomic E-state index is 13.3. The zero-order valence-corrected chi connectivity index (χ0v) is 32.0. The molecule has 1 aromatic heterocycles. The van der Waals surface area contributed by atoms with Crippen molar-refractivity contribution in [2.24, 2.45) is 0 Å². The van der Waals surface area contributed by atoms with Crippen molar-refractivity contribution in [1.29, 1.82) is 0 Å². The Balaban J connectivity index is 0.947. The van der Waals surface area contributed by atoms with Gasteiger partial charge in [-0.1, -0.05) is 36.4 Å². The lowest BCUT2D eigenvalue weighted by molar-refractivity contribution is 0.0300. The highest BCUT2D eigenvalue weighted by Gasteiger charge is 2.24. The van der Waals surface area contributed by atoms with Crippen LogP contribution in [0.25, 0.3) is 0 Å². The molecule has 3 saturated heterocycles. The lowest BCUT2D eigenvalue weighted by atomic mass is 10.1. The highest BCUT2D eigenvalue weighted by atomic mass is 32.2. The molecule has 2 aromatic carbocycles. The Morgan fingerprint density at radius 1 is 0.882 bits per heavy atom. The predicted molar refractivity (Wildman–Crippen MR) is 206 cm³/mol. The first-order valence-electron chi connectivity index (χ1n) is 18.4. The van der Waals surface area contributed by atoms with Crippen LogP contribution in [0.5, 0.6) is 5.75 Å². The van der Waals surface area contributed by atoms with Gasteiger partial charge in [-0.3, -0.25) is 19.8 Å². The lowest BCUT2D eigenvalue weighted by Gasteiger charge is -2.37. The Kier molecular flexibility index (Phi) is 13.6. The highest BCUT2D eigenvalue weighted by molar-refractivity contribution is 8.01. The van der Waals surface area contributed by atoms with E-state index in [1.54, 1.807) is 18.2 Å². The molecule has 0 spiro atoms. The fraction of sp³-hybridized carbons (Fsp3) is 0.553. The molecule has 276 valence electrons. The number of nitrogens with one attached hydrogen (secondary N) is 1. The third-order valence-corrected chi connectivity index (χ3v) is 12.2. The van der Waals surface area contributed by atoms with Crippen LogP contribution in [0.2, 0.25) is 0 Å². The number of hydrogen-bond donors (Lipinski definition) is 1. The van der Waals surface area contributed by atoms with Gasteiger partial charge in [-0.2, -0.15) is 0 Å². The van der Waals surface area contributed by atoms with Crippen LogP contribution in [-0.4, -0.2) is 142 Å². The van der Waals surface area contributed by atoms with E-state index in [9.17, 15) is 9.59 Å². The quantitative estimate of drug-likeness (QED) is 0.236. The fourth-order valence-corrected chi connectivity index (χ4v) is 8.81. The predicted octanol–water partition coefficient (Wildman–Crippen LogP) is 5.27. The summed E-state index contributed by atoms with van der Waals surface area (Å²) in [6, 6.07) is 11.7. The van der Waals surface area contributed by atoms with Gasteiger partial charge in [0, 0.05) is 81.6 Å². The molecule has 0 unspecified atom stereocenters. The van der Waals surface area contributed by atoms with Crippen LogP contribution in [0.3, 0.4) is 0 Å². The minimum Gasteiger partial charge on any atom is -0.496 e. The minimum atomic E-state index is -0.182. The molecule has 3 aliphatic rings. The van der Waals surface area contributed by atoms with E-state index in [1.807, 2.05) is 31.2 Å². The molecule has 3 aromatic rings. The molecule has 0 atom stereocenters.